The van der Waals surface area contributed by atoms with E-state index in [1.807, 2.05) is 0 Å². The van der Waals surface area contributed by atoms with Crippen LogP contribution in [0.1, 0.15) is 6.42 Å². The van der Waals surface area contributed by atoms with Crippen molar-refractivity contribution in [3.8, 4) is 11.5 Å². The molecule has 1 aliphatic rings. The molecule has 0 spiro atoms. The highest BCUT2D eigenvalue weighted by molar-refractivity contribution is 6.04. The van der Waals surface area contributed by atoms with Gasteiger partial charge in [-0.3, -0.25) is 9.59 Å². The number of rotatable bonds is 5. The Morgan fingerprint density at radius 1 is 1.19 bits per heavy atom. The lowest BCUT2D eigenvalue weighted by atomic mass is 10.1. The highest BCUT2D eigenvalue weighted by Crippen LogP contribution is 2.31. The molecule has 1 unspecified atom stereocenters. The summed E-state index contributed by atoms with van der Waals surface area (Å²) in [5.41, 5.74) is 0.671. The summed E-state index contributed by atoms with van der Waals surface area (Å²) in [6.07, 6.45) is 0.0264. The molecule has 0 aromatic heterocycles. The van der Waals surface area contributed by atoms with Gasteiger partial charge in [0.2, 0.25) is 11.8 Å². The first kappa shape index (κ1) is 17.7. The fourth-order valence-corrected chi connectivity index (χ4v) is 2.92. The molecule has 3 rings (SSSR count). The fraction of sp³-hybridized carbons (Fsp3) is 0.263. The Hall–Kier alpha value is -3.09. The topological polar surface area (TPSA) is 67.9 Å². The van der Waals surface area contributed by atoms with E-state index < -0.39 is 11.7 Å². The molecule has 136 valence electrons. The van der Waals surface area contributed by atoms with Crippen molar-refractivity contribution in [1.82, 2.24) is 0 Å². The summed E-state index contributed by atoms with van der Waals surface area (Å²) in [6.45, 7) is 0.129. The summed E-state index contributed by atoms with van der Waals surface area (Å²) in [7, 11) is 3.03. The molecule has 6 nitrogen and oxygen atoms in total. The number of amides is 2. The zero-order chi connectivity index (χ0) is 18.7. The van der Waals surface area contributed by atoms with Crippen molar-refractivity contribution >= 4 is 23.2 Å². The highest BCUT2D eigenvalue weighted by atomic mass is 19.1. The standard InChI is InChI=1S/C19H19FN2O4/c1-25-13-7-8-15(17(10-13)26-2)21-19(24)12-9-18(23)22(11-12)16-6-4-3-5-14(16)20/h3-8,10,12H,9,11H2,1-2H3,(H,21,24). The second kappa shape index (κ2) is 7.43. The van der Waals surface area contributed by atoms with Crippen LogP contribution in [0.5, 0.6) is 11.5 Å². The van der Waals surface area contributed by atoms with Crippen LogP contribution in [-0.2, 0) is 9.59 Å². The number of carbonyl (C=O) groups excluding carboxylic acids is 2. The first-order chi connectivity index (χ1) is 12.5. The Labute approximate surface area is 150 Å². The van der Waals surface area contributed by atoms with Crippen LogP contribution < -0.4 is 19.7 Å². The van der Waals surface area contributed by atoms with E-state index in [9.17, 15) is 14.0 Å². The summed E-state index contributed by atoms with van der Waals surface area (Å²) in [5, 5.41) is 2.77. The molecule has 1 aliphatic heterocycles. The zero-order valence-electron chi connectivity index (χ0n) is 14.5. The van der Waals surface area contributed by atoms with Crippen LogP contribution in [0.2, 0.25) is 0 Å². The van der Waals surface area contributed by atoms with E-state index in [0.29, 0.717) is 17.2 Å². The van der Waals surface area contributed by atoms with Crippen LogP contribution in [0, 0.1) is 11.7 Å². The maximum absolute atomic E-state index is 13.9. The minimum absolute atomic E-state index is 0.0264. The SMILES string of the molecule is COc1ccc(NC(=O)C2CC(=O)N(c3ccccc3F)C2)c(OC)c1. The molecule has 0 bridgehead atoms. The van der Waals surface area contributed by atoms with E-state index in [-0.39, 0.29) is 30.5 Å². The molecule has 7 heteroatoms. The smallest absolute Gasteiger partial charge is 0.229 e. The predicted molar refractivity (Wildman–Crippen MR) is 95.0 cm³/mol. The molecule has 0 aliphatic carbocycles. The van der Waals surface area contributed by atoms with Crippen molar-refractivity contribution in [2.75, 3.05) is 31.0 Å². The third kappa shape index (κ3) is 3.46. The summed E-state index contributed by atoms with van der Waals surface area (Å²) >= 11 is 0. The molecule has 2 amide bonds. The van der Waals surface area contributed by atoms with Crippen molar-refractivity contribution < 1.29 is 23.5 Å². The third-order valence-corrected chi connectivity index (χ3v) is 4.31. The number of benzene rings is 2. The molecule has 1 atom stereocenters. The second-order valence-electron chi connectivity index (χ2n) is 5.91. The lowest BCUT2D eigenvalue weighted by Gasteiger charge is -2.17. The van der Waals surface area contributed by atoms with Gasteiger partial charge in [0.05, 0.1) is 31.5 Å². The molecule has 1 saturated heterocycles. The lowest BCUT2D eigenvalue weighted by molar-refractivity contribution is -0.122. The number of halogens is 1. The van der Waals surface area contributed by atoms with Crippen molar-refractivity contribution in [2.45, 2.75) is 6.42 Å². The van der Waals surface area contributed by atoms with Gasteiger partial charge in [0.1, 0.15) is 17.3 Å². The number of hydrogen-bond acceptors (Lipinski definition) is 4. The van der Waals surface area contributed by atoms with Crippen molar-refractivity contribution in [2.24, 2.45) is 5.92 Å². The molecule has 1 fully saturated rings. The van der Waals surface area contributed by atoms with Gasteiger partial charge in [-0.25, -0.2) is 4.39 Å². The van der Waals surface area contributed by atoms with Gasteiger partial charge in [0, 0.05) is 19.0 Å². The number of nitrogens with one attached hydrogen (secondary N) is 1. The molecule has 2 aromatic carbocycles. The van der Waals surface area contributed by atoms with Gasteiger partial charge in [-0.15, -0.1) is 0 Å². The fourth-order valence-electron chi connectivity index (χ4n) is 2.92. The molecule has 2 aromatic rings. The number of methoxy groups -OCH3 is 2. The van der Waals surface area contributed by atoms with Gasteiger partial charge >= 0.3 is 0 Å². The van der Waals surface area contributed by atoms with Crippen molar-refractivity contribution in [1.29, 1.82) is 0 Å². The van der Waals surface area contributed by atoms with Crippen molar-refractivity contribution in [3.63, 3.8) is 0 Å². The predicted octanol–water partition coefficient (Wildman–Crippen LogP) is 2.83. The van der Waals surface area contributed by atoms with Crippen LogP contribution in [0.15, 0.2) is 42.5 Å². The maximum Gasteiger partial charge on any atom is 0.229 e. The van der Waals surface area contributed by atoms with E-state index >= 15 is 0 Å². The van der Waals surface area contributed by atoms with Gasteiger partial charge in [-0.1, -0.05) is 12.1 Å². The van der Waals surface area contributed by atoms with Gasteiger partial charge in [0.25, 0.3) is 0 Å². The van der Waals surface area contributed by atoms with Crippen LogP contribution in [0.25, 0.3) is 0 Å². The Bertz CT molecular complexity index is 840. The zero-order valence-corrected chi connectivity index (χ0v) is 14.5. The summed E-state index contributed by atoms with van der Waals surface area (Å²) in [6, 6.07) is 11.0. The maximum atomic E-state index is 13.9. The number of anilines is 2. The Morgan fingerprint density at radius 2 is 1.96 bits per heavy atom. The number of ether oxygens (including phenoxy) is 2. The van der Waals surface area contributed by atoms with Crippen molar-refractivity contribution in [3.05, 3.63) is 48.3 Å². The first-order valence-corrected chi connectivity index (χ1v) is 8.11. The quantitative estimate of drug-likeness (QED) is 0.892. The van der Waals surface area contributed by atoms with Crippen LogP contribution in [0.4, 0.5) is 15.8 Å². The molecular weight excluding hydrogens is 339 g/mol. The monoisotopic (exact) mass is 358 g/mol. The Balaban J connectivity index is 1.74. The largest absolute Gasteiger partial charge is 0.497 e. The molecule has 0 radical (unpaired) electrons. The van der Waals surface area contributed by atoms with E-state index in [0.717, 1.165) is 0 Å². The number of nitrogens with zero attached hydrogens (tertiary/aromatic N) is 1. The molecule has 1 N–H and O–H groups in total. The Morgan fingerprint density at radius 3 is 2.65 bits per heavy atom. The molecule has 26 heavy (non-hydrogen) atoms. The van der Waals surface area contributed by atoms with Gasteiger partial charge in [0.15, 0.2) is 0 Å². The molecule has 1 heterocycles. The number of para-hydroxylation sites is 1. The Kier molecular flexibility index (Phi) is 5.06. The van der Waals surface area contributed by atoms with E-state index in [4.69, 9.17) is 9.47 Å². The van der Waals surface area contributed by atoms with Crippen LogP contribution in [-0.4, -0.2) is 32.6 Å². The summed E-state index contributed by atoms with van der Waals surface area (Å²) in [4.78, 5) is 26.1. The van der Waals surface area contributed by atoms with Gasteiger partial charge < -0.3 is 19.7 Å². The lowest BCUT2D eigenvalue weighted by Crippen LogP contribution is -2.28. The van der Waals surface area contributed by atoms with E-state index in [1.54, 1.807) is 30.3 Å². The van der Waals surface area contributed by atoms with Crippen LogP contribution in [0.3, 0.4) is 0 Å². The highest BCUT2D eigenvalue weighted by Gasteiger charge is 2.36. The average molecular weight is 358 g/mol. The summed E-state index contributed by atoms with van der Waals surface area (Å²) in [5.74, 6) is -0.611. The first-order valence-electron chi connectivity index (χ1n) is 8.11. The third-order valence-electron chi connectivity index (χ3n) is 4.31. The molecular formula is C19H19FN2O4. The number of hydrogen-bond donors (Lipinski definition) is 1. The minimum Gasteiger partial charge on any atom is -0.497 e. The normalized spacial score (nSPS) is 16.5. The number of carbonyl (C=O) groups is 2. The van der Waals surface area contributed by atoms with Gasteiger partial charge in [-0.05, 0) is 24.3 Å². The summed E-state index contributed by atoms with van der Waals surface area (Å²) < 4.78 is 24.3. The van der Waals surface area contributed by atoms with Crippen LogP contribution >= 0.6 is 0 Å². The van der Waals surface area contributed by atoms with Gasteiger partial charge in [-0.2, -0.15) is 0 Å². The van der Waals surface area contributed by atoms with E-state index in [1.165, 1.54) is 31.3 Å². The second-order valence-corrected chi connectivity index (χ2v) is 5.91. The van der Waals surface area contributed by atoms with E-state index in [2.05, 4.69) is 5.32 Å². The average Bonchev–Trinajstić information content (AvgIpc) is 3.04. The minimum atomic E-state index is -0.575. The molecule has 0 saturated carbocycles.